The van der Waals surface area contributed by atoms with E-state index in [0.717, 1.165) is 26.3 Å². The minimum Gasteiger partial charge on any atom is -0.370 e. The van der Waals surface area contributed by atoms with Gasteiger partial charge in [-0.2, -0.15) is 5.10 Å². The Morgan fingerprint density at radius 2 is 2.00 bits per heavy atom. The van der Waals surface area contributed by atoms with E-state index >= 15 is 0 Å². The number of benzene rings is 1. The van der Waals surface area contributed by atoms with Gasteiger partial charge in [-0.3, -0.25) is 9.59 Å². The monoisotopic (exact) mass is 399 g/mol. The molecule has 146 valence electrons. The Morgan fingerprint density at radius 1 is 1.25 bits per heavy atom. The van der Waals surface area contributed by atoms with Gasteiger partial charge in [0.1, 0.15) is 19.1 Å². The van der Waals surface area contributed by atoms with Crippen molar-refractivity contribution in [3.63, 3.8) is 0 Å². The average Bonchev–Trinajstić information content (AvgIpc) is 3.26. The van der Waals surface area contributed by atoms with E-state index in [-0.39, 0.29) is 23.2 Å². The lowest BCUT2D eigenvalue weighted by atomic mass is 10.1. The topological polar surface area (TPSA) is 77.7 Å². The normalized spacial score (nSPS) is 16.2. The van der Waals surface area contributed by atoms with Gasteiger partial charge >= 0.3 is 0 Å². The highest BCUT2D eigenvalue weighted by Crippen LogP contribution is 2.17. The van der Waals surface area contributed by atoms with E-state index in [1.807, 2.05) is 12.1 Å². The first-order valence-electron chi connectivity index (χ1n) is 9.35. The fraction of sp³-hybridized carbons (Fsp3) is 0.350. The van der Waals surface area contributed by atoms with Crippen molar-refractivity contribution in [3.8, 4) is 0 Å². The molecule has 1 fully saturated rings. The van der Waals surface area contributed by atoms with Crippen molar-refractivity contribution < 1.29 is 14.4 Å². The van der Waals surface area contributed by atoms with Crippen molar-refractivity contribution in [2.45, 2.75) is 6.04 Å². The number of quaternary nitrogens is 1. The Morgan fingerprint density at radius 3 is 2.71 bits per heavy atom. The molecule has 0 unspecified atom stereocenters. The summed E-state index contributed by atoms with van der Waals surface area (Å²) in [6.45, 7) is 3.81. The Bertz CT molecular complexity index is 1030. The Labute approximate surface area is 166 Å². The number of aromatic nitrogens is 2. The molecule has 0 saturated carbocycles. The summed E-state index contributed by atoms with van der Waals surface area (Å²) >= 11 is 1.71. The summed E-state index contributed by atoms with van der Waals surface area (Å²) in [5.41, 5.74) is 0.0704. The maximum Gasteiger partial charge on any atom is 0.274 e. The van der Waals surface area contributed by atoms with Crippen LogP contribution >= 0.6 is 11.3 Å². The lowest BCUT2D eigenvalue weighted by Crippen LogP contribution is -3.15. The average molecular weight is 399 g/mol. The van der Waals surface area contributed by atoms with Gasteiger partial charge in [-0.1, -0.05) is 24.3 Å². The first-order valence-corrected chi connectivity index (χ1v) is 10.2. The van der Waals surface area contributed by atoms with Crippen LogP contribution in [0.3, 0.4) is 0 Å². The molecule has 0 aliphatic carbocycles. The maximum absolute atomic E-state index is 13.0. The van der Waals surface area contributed by atoms with Crippen LogP contribution in [0, 0.1) is 0 Å². The molecule has 2 N–H and O–H groups in total. The van der Waals surface area contributed by atoms with Crippen molar-refractivity contribution in [2.24, 2.45) is 7.05 Å². The summed E-state index contributed by atoms with van der Waals surface area (Å²) in [4.78, 5) is 27.9. The van der Waals surface area contributed by atoms with Gasteiger partial charge in [0.2, 0.25) is 0 Å². The number of carbonyl (C=O) groups excluding carboxylic acids is 1. The molecule has 1 aliphatic heterocycles. The van der Waals surface area contributed by atoms with Gasteiger partial charge in [-0.15, -0.1) is 11.3 Å². The van der Waals surface area contributed by atoms with Crippen molar-refractivity contribution in [2.75, 3.05) is 32.8 Å². The van der Waals surface area contributed by atoms with E-state index in [0.29, 0.717) is 17.3 Å². The third-order valence-corrected chi connectivity index (χ3v) is 6.14. The number of fused-ring (bicyclic) bond motifs is 1. The number of morpholine rings is 1. The minimum atomic E-state index is -0.263. The van der Waals surface area contributed by atoms with Crippen molar-refractivity contribution in [3.05, 3.63) is 62.7 Å². The molecule has 2 aromatic heterocycles. The van der Waals surface area contributed by atoms with Crippen LogP contribution in [0.25, 0.3) is 10.8 Å². The molecule has 1 aromatic carbocycles. The number of nitrogens with zero attached hydrogens (tertiary/aromatic N) is 2. The van der Waals surface area contributed by atoms with Crippen LogP contribution in [0.5, 0.6) is 0 Å². The number of thiophene rings is 1. The molecule has 1 atom stereocenters. The molecule has 3 heterocycles. The smallest absolute Gasteiger partial charge is 0.274 e. The molecular weight excluding hydrogens is 376 g/mol. The zero-order valence-corrected chi connectivity index (χ0v) is 16.5. The second-order valence-electron chi connectivity index (χ2n) is 6.87. The lowest BCUT2D eigenvalue weighted by molar-refractivity contribution is -0.937. The largest absolute Gasteiger partial charge is 0.370 e. The van der Waals surface area contributed by atoms with E-state index in [2.05, 4.69) is 21.9 Å². The van der Waals surface area contributed by atoms with E-state index < -0.39 is 0 Å². The summed E-state index contributed by atoms with van der Waals surface area (Å²) in [6, 6.07) is 11.4. The van der Waals surface area contributed by atoms with Crippen LogP contribution in [-0.4, -0.2) is 48.5 Å². The summed E-state index contributed by atoms with van der Waals surface area (Å²) < 4.78 is 6.71. The third kappa shape index (κ3) is 3.71. The van der Waals surface area contributed by atoms with Crippen LogP contribution < -0.4 is 15.8 Å². The molecule has 1 amide bonds. The first-order chi connectivity index (χ1) is 13.6. The summed E-state index contributed by atoms with van der Waals surface area (Å²) in [5.74, 6) is -0.263. The molecule has 1 aliphatic rings. The van der Waals surface area contributed by atoms with Crippen LogP contribution in [0.2, 0.25) is 0 Å². The standard InChI is InChI=1S/C20H22N4O3S/c1-23-20(26)15-6-3-2-5-14(15)18(22-23)19(25)21-13-16(17-7-4-12-28-17)24-8-10-27-11-9-24/h2-7,12,16H,8-11,13H2,1H3,(H,21,25)/p+1/t16-/m1/s1. The van der Waals surface area contributed by atoms with E-state index in [1.54, 1.807) is 36.6 Å². The molecule has 0 radical (unpaired) electrons. The van der Waals surface area contributed by atoms with Crippen LogP contribution in [0.1, 0.15) is 21.4 Å². The maximum atomic E-state index is 13.0. The highest BCUT2D eigenvalue weighted by molar-refractivity contribution is 7.10. The van der Waals surface area contributed by atoms with Gasteiger partial charge in [0.15, 0.2) is 5.69 Å². The SMILES string of the molecule is Cn1nc(C(=O)NC[C@H](c2cccs2)[NH+]2CCOCC2)c2ccccc2c1=O. The van der Waals surface area contributed by atoms with E-state index in [9.17, 15) is 9.59 Å². The Hall–Kier alpha value is -2.55. The molecule has 3 aromatic rings. The number of nitrogens with one attached hydrogen (secondary N) is 2. The quantitative estimate of drug-likeness (QED) is 0.650. The molecule has 8 heteroatoms. The van der Waals surface area contributed by atoms with Gasteiger partial charge in [0.25, 0.3) is 11.5 Å². The van der Waals surface area contributed by atoms with Gasteiger partial charge < -0.3 is 15.0 Å². The van der Waals surface area contributed by atoms with Crippen molar-refractivity contribution in [1.29, 1.82) is 0 Å². The lowest BCUT2D eigenvalue weighted by Gasteiger charge is -2.31. The summed E-state index contributed by atoms with van der Waals surface area (Å²) in [7, 11) is 1.57. The second-order valence-corrected chi connectivity index (χ2v) is 7.85. The third-order valence-electron chi connectivity index (χ3n) is 5.15. The van der Waals surface area contributed by atoms with Crippen LogP contribution in [-0.2, 0) is 11.8 Å². The van der Waals surface area contributed by atoms with Crippen LogP contribution in [0.15, 0.2) is 46.6 Å². The Balaban J connectivity index is 1.58. The minimum absolute atomic E-state index is 0.173. The van der Waals surface area contributed by atoms with Gasteiger partial charge in [0.05, 0.1) is 30.0 Å². The van der Waals surface area contributed by atoms with Gasteiger partial charge in [0, 0.05) is 12.4 Å². The molecular formula is C20H23N4O3S+. The van der Waals surface area contributed by atoms with E-state index in [4.69, 9.17) is 4.74 Å². The predicted molar refractivity (Wildman–Crippen MR) is 108 cm³/mol. The number of hydrogen-bond donors (Lipinski definition) is 2. The number of hydrogen-bond acceptors (Lipinski definition) is 5. The zero-order chi connectivity index (χ0) is 19.5. The summed E-state index contributed by atoms with van der Waals surface area (Å²) in [6.07, 6.45) is 0. The molecule has 7 nitrogen and oxygen atoms in total. The number of aryl methyl sites for hydroxylation is 1. The number of rotatable bonds is 5. The Kier molecular flexibility index (Phi) is 5.52. The van der Waals surface area contributed by atoms with Gasteiger partial charge in [-0.25, -0.2) is 4.68 Å². The van der Waals surface area contributed by atoms with Crippen LogP contribution in [0.4, 0.5) is 0 Å². The number of amides is 1. The van der Waals surface area contributed by atoms with Crippen molar-refractivity contribution in [1.82, 2.24) is 15.1 Å². The molecule has 1 saturated heterocycles. The molecule has 0 bridgehead atoms. The summed E-state index contributed by atoms with van der Waals surface area (Å²) in [5, 5.41) is 10.4. The second kappa shape index (κ2) is 8.22. The van der Waals surface area contributed by atoms with Gasteiger partial charge in [-0.05, 0) is 17.5 Å². The highest BCUT2D eigenvalue weighted by atomic mass is 32.1. The fourth-order valence-corrected chi connectivity index (χ4v) is 4.55. The van der Waals surface area contributed by atoms with E-state index in [1.165, 1.54) is 14.5 Å². The molecule has 0 spiro atoms. The fourth-order valence-electron chi connectivity index (χ4n) is 3.66. The molecule has 4 rings (SSSR count). The predicted octanol–water partition coefficient (Wildman–Crippen LogP) is 0.381. The van der Waals surface area contributed by atoms with Crippen molar-refractivity contribution >= 4 is 28.0 Å². The number of carbonyl (C=O) groups is 1. The highest BCUT2D eigenvalue weighted by Gasteiger charge is 2.28. The zero-order valence-electron chi connectivity index (χ0n) is 15.7. The number of ether oxygens (including phenoxy) is 1. The molecule has 28 heavy (non-hydrogen) atoms. The first kappa shape index (κ1) is 18.8.